The van der Waals surface area contributed by atoms with E-state index in [1.807, 2.05) is 85.2 Å². The average Bonchev–Trinajstić information content (AvgIpc) is 3.77. The Hall–Kier alpha value is -5.16. The van der Waals surface area contributed by atoms with Gasteiger partial charge in [-0.2, -0.15) is 0 Å². The van der Waals surface area contributed by atoms with E-state index in [1.54, 1.807) is 26.1 Å². The van der Waals surface area contributed by atoms with Crippen molar-refractivity contribution in [1.82, 2.24) is 24.8 Å². The lowest BCUT2D eigenvalue weighted by atomic mass is 9.92. The number of carbonyl (C=O) groups is 2. The summed E-state index contributed by atoms with van der Waals surface area (Å²) < 4.78 is 2.10. The largest absolute Gasteiger partial charge is 0.395 e. The monoisotopic (exact) mass is 749 g/mol. The minimum absolute atomic E-state index is 0.0222. The molecule has 0 aliphatic carbocycles. The van der Waals surface area contributed by atoms with Gasteiger partial charge in [-0.25, -0.2) is 9.97 Å². The van der Waals surface area contributed by atoms with Gasteiger partial charge in [0, 0.05) is 57.4 Å². The number of benzene rings is 3. The van der Waals surface area contributed by atoms with E-state index in [-0.39, 0.29) is 30.5 Å². The number of aromatic nitrogens is 4. The first-order valence-electron chi connectivity index (χ1n) is 17.7. The topological polar surface area (TPSA) is 128 Å². The molecule has 53 heavy (non-hydrogen) atoms. The number of aliphatic hydroxyl groups excluding tert-OH is 1. The summed E-state index contributed by atoms with van der Waals surface area (Å²) in [7, 11) is 0. The fourth-order valence-electron chi connectivity index (χ4n) is 6.82. The van der Waals surface area contributed by atoms with Crippen molar-refractivity contribution in [3.05, 3.63) is 119 Å². The van der Waals surface area contributed by atoms with Gasteiger partial charge in [-0.05, 0) is 75.6 Å². The molecule has 1 saturated heterocycles. The fraction of sp³-hybridized carbons (Fsp3) is 0.268. The number of aromatic amines is 1. The Kier molecular flexibility index (Phi) is 10.3. The third-order valence-corrected chi connectivity index (χ3v) is 10.5. The number of fused-ring (bicyclic) bond motifs is 1. The van der Waals surface area contributed by atoms with Crippen molar-refractivity contribution in [3.8, 4) is 22.5 Å². The molecule has 1 atom stereocenters. The highest BCUT2D eigenvalue weighted by atomic mass is 35.5. The molecule has 7 rings (SSSR count). The smallest absolute Gasteiger partial charge is 0.272 e. The van der Waals surface area contributed by atoms with E-state index in [2.05, 4.69) is 37.0 Å². The van der Waals surface area contributed by atoms with Gasteiger partial charge in [-0.3, -0.25) is 9.59 Å². The number of piperidine rings is 1. The normalized spacial score (nSPS) is 14.3. The molecule has 4 N–H and O–H groups in total. The van der Waals surface area contributed by atoms with E-state index in [9.17, 15) is 14.7 Å². The summed E-state index contributed by atoms with van der Waals surface area (Å²) in [6, 6.07) is 26.7. The van der Waals surface area contributed by atoms with Crippen molar-refractivity contribution in [2.24, 2.45) is 5.41 Å². The molecule has 4 heterocycles. The molecule has 10 nitrogen and oxygen atoms in total. The second kappa shape index (κ2) is 15.1. The minimum Gasteiger partial charge on any atom is -0.395 e. The summed E-state index contributed by atoms with van der Waals surface area (Å²) in [6.07, 6.45) is 4.93. The van der Waals surface area contributed by atoms with Crippen LogP contribution in [0.2, 0.25) is 10.0 Å². The van der Waals surface area contributed by atoms with E-state index >= 15 is 0 Å². The van der Waals surface area contributed by atoms with Crippen LogP contribution in [-0.2, 0) is 4.79 Å². The molecule has 1 aliphatic rings. The van der Waals surface area contributed by atoms with Gasteiger partial charge in [-0.15, -0.1) is 0 Å². The van der Waals surface area contributed by atoms with Crippen molar-refractivity contribution in [1.29, 1.82) is 0 Å². The van der Waals surface area contributed by atoms with E-state index in [1.165, 1.54) is 0 Å². The van der Waals surface area contributed by atoms with Crippen LogP contribution in [0.5, 0.6) is 0 Å². The van der Waals surface area contributed by atoms with Crippen molar-refractivity contribution >= 4 is 57.4 Å². The third-order valence-electron chi connectivity index (χ3n) is 10.0. The van der Waals surface area contributed by atoms with Gasteiger partial charge in [-0.1, -0.05) is 71.7 Å². The number of imidazole rings is 1. The van der Waals surface area contributed by atoms with Gasteiger partial charge >= 0.3 is 0 Å². The van der Waals surface area contributed by atoms with Crippen LogP contribution in [0.15, 0.2) is 97.5 Å². The number of aliphatic hydroxyl groups is 1. The zero-order chi connectivity index (χ0) is 37.3. The third kappa shape index (κ3) is 7.40. The lowest BCUT2D eigenvalue weighted by molar-refractivity contribution is -0.132. The molecule has 0 radical (unpaired) electrons. The first kappa shape index (κ1) is 36.2. The second-order valence-corrected chi connectivity index (χ2v) is 15.0. The van der Waals surface area contributed by atoms with Crippen molar-refractivity contribution in [2.75, 3.05) is 29.9 Å². The molecule has 12 heteroatoms. The number of amides is 2. The number of pyridine rings is 1. The number of carbonyl (C=O) groups excluding carboxylic acids is 2. The van der Waals surface area contributed by atoms with Crippen LogP contribution in [0.4, 0.5) is 11.5 Å². The number of hydrogen-bond donors (Lipinski definition) is 4. The molecular formula is C41H41Cl2N7O3. The van der Waals surface area contributed by atoms with Crippen LogP contribution in [0.3, 0.4) is 0 Å². The first-order valence-corrected chi connectivity index (χ1v) is 18.4. The van der Waals surface area contributed by atoms with Gasteiger partial charge in [0.15, 0.2) is 5.82 Å². The summed E-state index contributed by atoms with van der Waals surface area (Å²) >= 11 is 12.7. The fourth-order valence-corrected chi connectivity index (χ4v) is 7.12. The van der Waals surface area contributed by atoms with Gasteiger partial charge in [0.2, 0.25) is 5.91 Å². The zero-order valence-electron chi connectivity index (χ0n) is 29.7. The summed E-state index contributed by atoms with van der Waals surface area (Å²) in [5, 5.41) is 17.9. The molecule has 0 unspecified atom stereocenters. The van der Waals surface area contributed by atoms with Gasteiger partial charge in [0.05, 0.1) is 41.5 Å². The Morgan fingerprint density at radius 1 is 0.962 bits per heavy atom. The number of nitrogens with one attached hydrogen (secondary N) is 3. The summed E-state index contributed by atoms with van der Waals surface area (Å²) in [4.78, 5) is 42.5. The zero-order valence-corrected chi connectivity index (χ0v) is 31.2. The van der Waals surface area contributed by atoms with Crippen molar-refractivity contribution < 1.29 is 14.7 Å². The summed E-state index contributed by atoms with van der Waals surface area (Å²) in [5.41, 5.74) is 4.92. The highest BCUT2D eigenvalue weighted by Gasteiger charge is 2.32. The molecule has 2 amide bonds. The number of halogens is 2. The lowest BCUT2D eigenvalue weighted by Gasteiger charge is -2.35. The molecule has 1 aliphatic heterocycles. The molecule has 272 valence electrons. The van der Waals surface area contributed by atoms with Crippen molar-refractivity contribution in [2.45, 2.75) is 45.7 Å². The summed E-state index contributed by atoms with van der Waals surface area (Å²) in [5.74, 6) is 0.133. The number of hydrogen-bond acceptors (Lipinski definition) is 6. The second-order valence-electron chi connectivity index (χ2n) is 14.1. The van der Waals surface area contributed by atoms with E-state index < -0.39 is 5.41 Å². The highest BCUT2D eigenvalue weighted by Crippen LogP contribution is 2.42. The van der Waals surface area contributed by atoms with E-state index in [0.29, 0.717) is 64.3 Å². The average molecular weight is 751 g/mol. The maximum Gasteiger partial charge on any atom is 0.272 e. The lowest BCUT2D eigenvalue weighted by Crippen LogP contribution is -2.49. The molecule has 3 aromatic heterocycles. The standard InChI is InChI=1S/C41H41Cl2N7O3/c1-25(26-11-13-28(42)14-12-26)50-24-45-35(27-8-5-4-6-9-27)37(50)34-31-16-15-29(43)22-33(31)47-36(34)39(52)48-32-10-7-19-44-38(32)49-20-17-30(18-21-49)46-40(53)41(2,3)23-51/h4-16,19,22,24-25,30,47,51H,17-18,20-21,23H2,1-3H3,(H,46,53)(H,48,52)/t25-/m0/s1. The molecule has 0 bridgehead atoms. The van der Waals surface area contributed by atoms with Crippen LogP contribution in [0.1, 0.15) is 55.7 Å². The van der Waals surface area contributed by atoms with Crippen molar-refractivity contribution in [3.63, 3.8) is 0 Å². The van der Waals surface area contributed by atoms with Crippen LogP contribution in [-0.4, -0.2) is 62.2 Å². The number of anilines is 2. The van der Waals surface area contributed by atoms with Crippen LogP contribution >= 0.6 is 23.2 Å². The molecule has 0 saturated carbocycles. The van der Waals surface area contributed by atoms with Crippen LogP contribution < -0.4 is 15.5 Å². The predicted molar refractivity (Wildman–Crippen MR) is 212 cm³/mol. The highest BCUT2D eigenvalue weighted by molar-refractivity contribution is 6.31. The van der Waals surface area contributed by atoms with E-state index in [0.717, 1.165) is 27.9 Å². The van der Waals surface area contributed by atoms with Gasteiger partial charge in [0.25, 0.3) is 5.91 Å². The number of nitrogens with zero attached hydrogens (tertiary/aromatic N) is 4. The summed E-state index contributed by atoms with van der Waals surface area (Å²) in [6.45, 7) is 6.58. The predicted octanol–water partition coefficient (Wildman–Crippen LogP) is 8.37. The Bertz CT molecular complexity index is 2260. The van der Waals surface area contributed by atoms with Gasteiger partial charge < -0.3 is 30.2 Å². The molecule has 6 aromatic rings. The number of rotatable bonds is 10. The first-order chi connectivity index (χ1) is 25.5. The molecule has 0 spiro atoms. The SMILES string of the molecule is C[C@@H](c1ccc(Cl)cc1)n1cnc(-c2ccccc2)c1-c1c(C(=O)Nc2cccnc2N2CCC(NC(=O)C(C)(C)CO)CC2)[nH]c2cc(Cl)ccc12. The Labute approximate surface area is 318 Å². The molecular weight excluding hydrogens is 709 g/mol. The molecule has 3 aromatic carbocycles. The molecule has 1 fully saturated rings. The number of H-pyrrole nitrogens is 1. The quantitative estimate of drug-likeness (QED) is 0.111. The Morgan fingerprint density at radius 2 is 1.68 bits per heavy atom. The van der Waals surface area contributed by atoms with Crippen LogP contribution in [0, 0.1) is 5.41 Å². The Balaban J connectivity index is 1.26. The maximum atomic E-state index is 14.6. The maximum absolute atomic E-state index is 14.6. The van der Waals surface area contributed by atoms with Gasteiger partial charge in [0.1, 0.15) is 5.69 Å². The minimum atomic E-state index is -0.851. The Morgan fingerprint density at radius 3 is 2.40 bits per heavy atom. The van der Waals surface area contributed by atoms with Crippen LogP contribution in [0.25, 0.3) is 33.4 Å². The van der Waals surface area contributed by atoms with E-state index in [4.69, 9.17) is 28.2 Å².